The molecule has 0 aromatic heterocycles. The van der Waals surface area contributed by atoms with E-state index >= 15 is 0 Å². The summed E-state index contributed by atoms with van der Waals surface area (Å²) in [4.78, 5) is 26.9. The molecule has 116 valence electrons. The highest BCUT2D eigenvalue weighted by Crippen LogP contribution is 2.28. The van der Waals surface area contributed by atoms with Crippen LogP contribution in [0.15, 0.2) is 24.3 Å². The largest absolute Gasteiger partial charge is 0.351 e. The smallest absolute Gasteiger partial charge is 0.251 e. The molecule has 0 spiro atoms. The van der Waals surface area contributed by atoms with Crippen molar-refractivity contribution >= 4 is 11.8 Å². The maximum Gasteiger partial charge on any atom is 0.251 e. The summed E-state index contributed by atoms with van der Waals surface area (Å²) < 4.78 is 0. The van der Waals surface area contributed by atoms with E-state index in [4.69, 9.17) is 0 Å². The molecule has 2 N–H and O–H groups in total. The first-order valence-electron chi connectivity index (χ1n) is 8.14. The average molecular weight is 299 g/mol. The molecule has 3 unspecified atom stereocenters. The molecule has 5 heteroatoms. The van der Waals surface area contributed by atoms with Gasteiger partial charge in [0.05, 0.1) is 5.92 Å². The Kier molecular flexibility index (Phi) is 3.37. The van der Waals surface area contributed by atoms with Crippen molar-refractivity contribution in [3.8, 4) is 0 Å². The van der Waals surface area contributed by atoms with Crippen LogP contribution in [0.5, 0.6) is 0 Å². The molecule has 3 atom stereocenters. The van der Waals surface area contributed by atoms with Crippen molar-refractivity contribution in [2.45, 2.75) is 37.3 Å². The van der Waals surface area contributed by atoms with Crippen LogP contribution in [0.25, 0.3) is 0 Å². The van der Waals surface area contributed by atoms with E-state index in [1.54, 1.807) is 6.07 Å². The van der Waals surface area contributed by atoms with Crippen molar-refractivity contribution < 1.29 is 9.59 Å². The molecule has 2 fully saturated rings. The van der Waals surface area contributed by atoms with Gasteiger partial charge in [-0.3, -0.25) is 9.59 Å². The highest BCUT2D eigenvalue weighted by Gasteiger charge is 2.36. The van der Waals surface area contributed by atoms with Gasteiger partial charge in [0.2, 0.25) is 5.91 Å². The molecule has 2 bridgehead atoms. The lowest BCUT2D eigenvalue weighted by Gasteiger charge is -2.31. The molecule has 5 nitrogen and oxygen atoms in total. The fraction of sp³-hybridized carbons (Fsp3) is 0.529. The second-order valence-corrected chi connectivity index (χ2v) is 6.56. The van der Waals surface area contributed by atoms with Crippen molar-refractivity contribution in [1.29, 1.82) is 0 Å². The summed E-state index contributed by atoms with van der Waals surface area (Å²) in [6, 6.07) is 8.48. The minimum absolute atomic E-state index is 0.0729. The lowest BCUT2D eigenvalue weighted by molar-refractivity contribution is -0.133. The molecular weight excluding hydrogens is 278 g/mol. The lowest BCUT2D eigenvalue weighted by Crippen LogP contribution is -2.46. The molecule has 3 aliphatic rings. The fourth-order valence-electron chi connectivity index (χ4n) is 3.99. The Balaban J connectivity index is 1.58. The van der Waals surface area contributed by atoms with Crippen LogP contribution in [0.4, 0.5) is 0 Å². The van der Waals surface area contributed by atoms with Crippen LogP contribution < -0.4 is 10.6 Å². The SMILES string of the molecule is O=C1NCC(C(=O)N2CCC3CCC(C2)N3)c2ccccc21. The zero-order valence-electron chi connectivity index (χ0n) is 12.5. The number of carbonyl (C=O) groups excluding carboxylic acids is 2. The standard InChI is InChI=1S/C17H21N3O2/c21-16-14-4-2-1-3-13(14)15(9-18-16)17(22)20-8-7-11-5-6-12(10-20)19-11/h1-4,11-12,15,19H,5-10H2,(H,18,21). The minimum atomic E-state index is -0.245. The van der Waals surface area contributed by atoms with Crippen molar-refractivity contribution in [3.05, 3.63) is 35.4 Å². The van der Waals surface area contributed by atoms with Crippen LogP contribution >= 0.6 is 0 Å². The maximum atomic E-state index is 13.0. The van der Waals surface area contributed by atoms with Crippen molar-refractivity contribution in [1.82, 2.24) is 15.5 Å². The Morgan fingerprint density at radius 1 is 1.14 bits per heavy atom. The molecule has 0 aliphatic carbocycles. The number of nitrogens with zero attached hydrogens (tertiary/aromatic N) is 1. The van der Waals surface area contributed by atoms with Crippen molar-refractivity contribution in [2.75, 3.05) is 19.6 Å². The Labute approximate surface area is 130 Å². The zero-order chi connectivity index (χ0) is 15.1. The molecule has 1 aromatic carbocycles. The Hall–Kier alpha value is -1.88. The molecule has 2 amide bonds. The van der Waals surface area contributed by atoms with Crippen LogP contribution in [0, 0.1) is 0 Å². The van der Waals surface area contributed by atoms with Crippen molar-refractivity contribution in [3.63, 3.8) is 0 Å². The van der Waals surface area contributed by atoms with Crippen LogP contribution in [0.2, 0.25) is 0 Å². The molecule has 0 radical (unpaired) electrons. The predicted octanol–water partition coefficient (Wildman–Crippen LogP) is 0.867. The highest BCUT2D eigenvalue weighted by molar-refractivity contribution is 6.00. The van der Waals surface area contributed by atoms with E-state index in [2.05, 4.69) is 10.6 Å². The van der Waals surface area contributed by atoms with Gasteiger partial charge in [-0.2, -0.15) is 0 Å². The van der Waals surface area contributed by atoms with Crippen LogP contribution in [-0.2, 0) is 4.79 Å². The molecular formula is C17H21N3O2. The number of nitrogens with one attached hydrogen (secondary N) is 2. The van der Waals surface area contributed by atoms with Gasteiger partial charge in [0.1, 0.15) is 0 Å². The topological polar surface area (TPSA) is 61.4 Å². The first-order chi connectivity index (χ1) is 10.7. The number of rotatable bonds is 1. The number of carbonyl (C=O) groups is 2. The third-order valence-corrected chi connectivity index (χ3v) is 5.18. The van der Waals surface area contributed by atoms with Gasteiger partial charge in [-0.05, 0) is 30.9 Å². The van der Waals surface area contributed by atoms with Gasteiger partial charge in [-0.25, -0.2) is 0 Å². The molecule has 3 heterocycles. The summed E-state index contributed by atoms with van der Waals surface area (Å²) in [6.07, 6.45) is 3.42. The van der Waals surface area contributed by atoms with E-state index in [0.29, 0.717) is 24.2 Å². The van der Waals surface area contributed by atoms with E-state index in [-0.39, 0.29) is 17.7 Å². The third kappa shape index (κ3) is 2.29. The fourth-order valence-corrected chi connectivity index (χ4v) is 3.99. The number of benzene rings is 1. The first kappa shape index (κ1) is 13.8. The Morgan fingerprint density at radius 2 is 1.95 bits per heavy atom. The number of fused-ring (bicyclic) bond motifs is 3. The summed E-state index contributed by atoms with van der Waals surface area (Å²) in [5, 5.41) is 6.46. The van der Waals surface area contributed by atoms with E-state index in [1.165, 1.54) is 6.42 Å². The quantitative estimate of drug-likeness (QED) is 0.809. The average Bonchev–Trinajstić information content (AvgIpc) is 2.86. The normalized spacial score (nSPS) is 30.5. The third-order valence-electron chi connectivity index (χ3n) is 5.18. The summed E-state index contributed by atoms with van der Waals surface area (Å²) in [7, 11) is 0. The van der Waals surface area contributed by atoms with Gasteiger partial charge in [0, 0.05) is 37.3 Å². The summed E-state index contributed by atoms with van der Waals surface area (Å²) >= 11 is 0. The van der Waals surface area contributed by atoms with Crippen LogP contribution in [0.3, 0.4) is 0 Å². The number of amides is 2. The highest BCUT2D eigenvalue weighted by atomic mass is 16.2. The minimum Gasteiger partial charge on any atom is -0.351 e. The molecule has 4 rings (SSSR count). The first-order valence-corrected chi connectivity index (χ1v) is 8.14. The van der Waals surface area contributed by atoms with Crippen molar-refractivity contribution in [2.24, 2.45) is 0 Å². The monoisotopic (exact) mass is 299 g/mol. The zero-order valence-corrected chi connectivity index (χ0v) is 12.5. The van der Waals surface area contributed by atoms with Gasteiger partial charge in [-0.15, -0.1) is 0 Å². The Morgan fingerprint density at radius 3 is 2.86 bits per heavy atom. The molecule has 3 aliphatic heterocycles. The van der Waals surface area contributed by atoms with Crippen LogP contribution in [-0.4, -0.2) is 48.4 Å². The number of likely N-dealkylation sites (tertiary alicyclic amines) is 1. The van der Waals surface area contributed by atoms with E-state index in [0.717, 1.165) is 31.5 Å². The summed E-state index contributed by atoms with van der Waals surface area (Å²) in [5.41, 5.74) is 1.51. The molecule has 2 saturated heterocycles. The van der Waals surface area contributed by atoms with Gasteiger partial charge in [-0.1, -0.05) is 18.2 Å². The maximum absolute atomic E-state index is 13.0. The Bertz CT molecular complexity index is 616. The van der Waals surface area contributed by atoms with Gasteiger partial charge < -0.3 is 15.5 Å². The van der Waals surface area contributed by atoms with Gasteiger partial charge >= 0.3 is 0 Å². The van der Waals surface area contributed by atoms with E-state index < -0.39 is 0 Å². The summed E-state index contributed by atoms with van der Waals surface area (Å²) in [5.74, 6) is -0.163. The molecule has 1 aromatic rings. The number of hydrogen-bond donors (Lipinski definition) is 2. The lowest BCUT2D eigenvalue weighted by atomic mass is 9.89. The van der Waals surface area contributed by atoms with E-state index in [1.807, 2.05) is 23.1 Å². The van der Waals surface area contributed by atoms with E-state index in [9.17, 15) is 9.59 Å². The summed E-state index contributed by atoms with van der Waals surface area (Å²) in [6.45, 7) is 2.02. The van der Waals surface area contributed by atoms with Crippen LogP contribution in [0.1, 0.15) is 41.1 Å². The molecule has 0 saturated carbocycles. The second-order valence-electron chi connectivity index (χ2n) is 6.56. The number of hydrogen-bond acceptors (Lipinski definition) is 3. The van der Waals surface area contributed by atoms with Gasteiger partial charge in [0.25, 0.3) is 5.91 Å². The predicted molar refractivity (Wildman–Crippen MR) is 82.7 cm³/mol. The molecule has 22 heavy (non-hydrogen) atoms. The second kappa shape index (κ2) is 5.39. The van der Waals surface area contributed by atoms with Gasteiger partial charge in [0.15, 0.2) is 0 Å².